The standard InChI is InChI=1S/C12H12F3N5O4S/c1-19-4-6(10(16)21)3-7(19)11(22)18-25(23,24)8-5-20(2)17-9(8)12(13,14)15/h3-5H,1-2H3,(H2,16,21)(H,18,22). The van der Waals surface area contributed by atoms with Crippen molar-refractivity contribution in [3.05, 3.63) is 35.4 Å². The van der Waals surface area contributed by atoms with Crippen molar-refractivity contribution < 1.29 is 31.2 Å². The number of carbonyl (C=O) groups is 2. The normalized spacial score (nSPS) is 12.2. The van der Waals surface area contributed by atoms with E-state index in [1.807, 2.05) is 0 Å². The number of hydrogen-bond donors (Lipinski definition) is 2. The third kappa shape index (κ3) is 3.65. The van der Waals surface area contributed by atoms with Gasteiger partial charge in [-0.05, 0) is 6.07 Å². The Morgan fingerprint density at radius 2 is 1.84 bits per heavy atom. The number of aryl methyl sites for hydroxylation is 2. The minimum atomic E-state index is -5.03. The lowest BCUT2D eigenvalue weighted by Crippen LogP contribution is -2.32. The topological polar surface area (TPSA) is 129 Å². The van der Waals surface area contributed by atoms with Gasteiger partial charge in [-0.2, -0.15) is 18.3 Å². The summed E-state index contributed by atoms with van der Waals surface area (Å²) in [6, 6.07) is 1.01. The van der Waals surface area contributed by atoms with Crippen molar-refractivity contribution in [1.29, 1.82) is 0 Å². The first-order valence-electron chi connectivity index (χ1n) is 6.47. The molecule has 2 amide bonds. The number of halogens is 3. The van der Waals surface area contributed by atoms with Crippen molar-refractivity contribution in [1.82, 2.24) is 19.1 Å². The van der Waals surface area contributed by atoms with Crippen LogP contribution >= 0.6 is 0 Å². The first kappa shape index (κ1) is 18.5. The van der Waals surface area contributed by atoms with Crippen LogP contribution in [0, 0.1) is 0 Å². The maximum atomic E-state index is 12.9. The monoisotopic (exact) mass is 379 g/mol. The number of nitrogens with two attached hydrogens (primary N) is 1. The largest absolute Gasteiger partial charge is 0.436 e. The van der Waals surface area contributed by atoms with Crippen LogP contribution in [0.15, 0.2) is 23.4 Å². The Labute approximate surface area is 139 Å². The number of hydrogen-bond acceptors (Lipinski definition) is 5. The summed E-state index contributed by atoms with van der Waals surface area (Å²) < 4.78 is 66.3. The Hall–Kier alpha value is -2.83. The summed E-state index contributed by atoms with van der Waals surface area (Å²) in [6.45, 7) is 0. The lowest BCUT2D eigenvalue weighted by Gasteiger charge is -2.09. The lowest BCUT2D eigenvalue weighted by atomic mass is 10.3. The highest BCUT2D eigenvalue weighted by molar-refractivity contribution is 7.90. The average Bonchev–Trinajstić information content (AvgIpc) is 3.01. The number of alkyl halides is 3. The molecule has 0 aromatic carbocycles. The fraction of sp³-hybridized carbons (Fsp3) is 0.250. The van der Waals surface area contributed by atoms with Gasteiger partial charge in [-0.3, -0.25) is 14.3 Å². The minimum absolute atomic E-state index is 0.0672. The predicted octanol–water partition coefficient (Wildman–Crippen LogP) is -0.00500. The van der Waals surface area contributed by atoms with Crippen LogP contribution < -0.4 is 10.5 Å². The van der Waals surface area contributed by atoms with Gasteiger partial charge in [0.05, 0.1) is 5.56 Å². The number of aromatic nitrogens is 3. The van der Waals surface area contributed by atoms with Gasteiger partial charge in [-0.1, -0.05) is 0 Å². The molecule has 2 heterocycles. The second-order valence-corrected chi connectivity index (χ2v) is 6.69. The second kappa shape index (κ2) is 5.91. The molecule has 0 saturated carbocycles. The van der Waals surface area contributed by atoms with Crippen LogP contribution in [-0.4, -0.2) is 34.6 Å². The summed E-state index contributed by atoms with van der Waals surface area (Å²) in [7, 11) is -2.42. The zero-order chi connectivity index (χ0) is 19.2. The summed E-state index contributed by atoms with van der Waals surface area (Å²) in [6.07, 6.45) is -3.23. The van der Waals surface area contributed by atoms with Crippen LogP contribution in [0.25, 0.3) is 0 Å². The van der Waals surface area contributed by atoms with E-state index < -0.39 is 38.6 Å². The number of sulfonamides is 1. The molecule has 0 aliphatic carbocycles. The van der Waals surface area contributed by atoms with E-state index >= 15 is 0 Å². The van der Waals surface area contributed by atoms with Gasteiger partial charge in [0.25, 0.3) is 15.9 Å². The van der Waals surface area contributed by atoms with Gasteiger partial charge in [0, 0.05) is 26.5 Å². The van der Waals surface area contributed by atoms with Crippen LogP contribution in [0.4, 0.5) is 13.2 Å². The van der Waals surface area contributed by atoms with E-state index in [4.69, 9.17) is 5.73 Å². The molecule has 0 aliphatic heterocycles. The Kier molecular flexibility index (Phi) is 4.38. The molecule has 9 nitrogen and oxygen atoms in total. The Bertz CT molecular complexity index is 958. The van der Waals surface area contributed by atoms with E-state index in [1.54, 1.807) is 0 Å². The lowest BCUT2D eigenvalue weighted by molar-refractivity contribution is -0.143. The van der Waals surface area contributed by atoms with Crippen molar-refractivity contribution in [2.24, 2.45) is 19.8 Å². The molecular weight excluding hydrogens is 367 g/mol. The summed E-state index contributed by atoms with van der Waals surface area (Å²) in [5.41, 5.74) is 3.04. The number of primary amides is 1. The molecule has 0 fully saturated rings. The molecular formula is C12H12F3N5O4S. The molecule has 25 heavy (non-hydrogen) atoms. The first-order valence-corrected chi connectivity index (χ1v) is 7.95. The SMILES string of the molecule is Cn1cc(S(=O)(=O)NC(=O)c2cc(C(N)=O)cn2C)c(C(F)(F)F)n1. The molecule has 0 spiro atoms. The number of amides is 2. The van der Waals surface area contributed by atoms with Gasteiger partial charge in [-0.15, -0.1) is 0 Å². The average molecular weight is 379 g/mol. The van der Waals surface area contributed by atoms with E-state index in [0.717, 1.165) is 17.7 Å². The summed E-state index contributed by atoms with van der Waals surface area (Å²) in [5, 5.41) is 3.07. The molecule has 0 aliphatic rings. The number of carbonyl (C=O) groups excluding carboxylic acids is 2. The molecule has 2 aromatic rings. The van der Waals surface area contributed by atoms with Gasteiger partial charge in [0.2, 0.25) is 5.91 Å². The quantitative estimate of drug-likeness (QED) is 0.772. The highest BCUT2D eigenvalue weighted by atomic mass is 32.2. The molecule has 2 rings (SSSR count). The van der Waals surface area contributed by atoms with Gasteiger partial charge < -0.3 is 10.3 Å². The van der Waals surface area contributed by atoms with Crippen LogP contribution in [0.1, 0.15) is 26.5 Å². The fourth-order valence-corrected chi connectivity index (χ4v) is 3.18. The summed E-state index contributed by atoms with van der Waals surface area (Å²) in [4.78, 5) is 22.0. The van der Waals surface area contributed by atoms with Gasteiger partial charge in [0.15, 0.2) is 5.69 Å². The molecule has 2 aromatic heterocycles. The van der Waals surface area contributed by atoms with E-state index in [0.29, 0.717) is 10.9 Å². The molecule has 13 heteroatoms. The van der Waals surface area contributed by atoms with Crippen molar-refractivity contribution >= 4 is 21.8 Å². The molecule has 3 N–H and O–H groups in total. The van der Waals surface area contributed by atoms with E-state index in [-0.39, 0.29) is 11.3 Å². The predicted molar refractivity (Wildman–Crippen MR) is 76.8 cm³/mol. The smallest absolute Gasteiger partial charge is 0.366 e. The van der Waals surface area contributed by atoms with Gasteiger partial charge >= 0.3 is 6.18 Å². The molecule has 0 bridgehead atoms. The first-order chi connectivity index (χ1) is 11.3. The summed E-state index contributed by atoms with van der Waals surface area (Å²) >= 11 is 0. The third-order valence-corrected chi connectivity index (χ3v) is 4.43. The number of rotatable bonds is 4. The fourth-order valence-electron chi connectivity index (χ4n) is 2.01. The van der Waals surface area contributed by atoms with Crippen molar-refractivity contribution in [3.63, 3.8) is 0 Å². The van der Waals surface area contributed by atoms with Crippen molar-refractivity contribution in [2.75, 3.05) is 0 Å². The van der Waals surface area contributed by atoms with E-state index in [1.165, 1.54) is 18.0 Å². The van der Waals surface area contributed by atoms with E-state index in [2.05, 4.69) is 5.10 Å². The Morgan fingerprint density at radius 1 is 1.24 bits per heavy atom. The van der Waals surface area contributed by atoms with Crippen molar-refractivity contribution in [3.8, 4) is 0 Å². The molecule has 136 valence electrons. The van der Waals surface area contributed by atoms with Gasteiger partial charge in [0.1, 0.15) is 10.6 Å². The van der Waals surface area contributed by atoms with E-state index in [9.17, 15) is 31.2 Å². The maximum Gasteiger partial charge on any atom is 0.436 e. The number of nitrogens with zero attached hydrogens (tertiary/aromatic N) is 3. The number of nitrogens with one attached hydrogen (secondary N) is 1. The van der Waals surface area contributed by atoms with Crippen molar-refractivity contribution in [2.45, 2.75) is 11.1 Å². The Balaban J connectivity index is 2.40. The maximum absolute atomic E-state index is 12.9. The molecule has 0 unspecified atom stereocenters. The van der Waals surface area contributed by atoms with Gasteiger partial charge in [-0.25, -0.2) is 13.1 Å². The Morgan fingerprint density at radius 3 is 2.32 bits per heavy atom. The zero-order valence-corrected chi connectivity index (χ0v) is 13.6. The third-order valence-electron chi connectivity index (χ3n) is 3.10. The van der Waals surface area contributed by atoms with Crippen LogP contribution in [0.5, 0.6) is 0 Å². The summed E-state index contributed by atoms with van der Waals surface area (Å²) in [5.74, 6) is -2.09. The minimum Gasteiger partial charge on any atom is -0.366 e. The second-order valence-electron chi connectivity index (χ2n) is 5.04. The highest BCUT2D eigenvalue weighted by Gasteiger charge is 2.41. The highest BCUT2D eigenvalue weighted by Crippen LogP contribution is 2.32. The van der Waals surface area contributed by atoms with Crippen LogP contribution in [-0.2, 0) is 30.3 Å². The molecule has 0 saturated heterocycles. The van der Waals surface area contributed by atoms with Crippen LogP contribution in [0.2, 0.25) is 0 Å². The molecule has 0 radical (unpaired) electrons. The zero-order valence-electron chi connectivity index (χ0n) is 12.8. The molecule has 0 atom stereocenters. The van der Waals surface area contributed by atoms with Crippen LogP contribution in [0.3, 0.4) is 0 Å².